The molecule has 5 nitrogen and oxygen atoms in total. The molecule has 0 bridgehead atoms. The highest BCUT2D eigenvalue weighted by Gasteiger charge is 2.33. The Labute approximate surface area is 165 Å². The van der Waals surface area contributed by atoms with Crippen molar-refractivity contribution in [2.24, 2.45) is 0 Å². The fourth-order valence-corrected chi connectivity index (χ4v) is 3.32. The standard InChI is InChI=1S/C19H27Cl2NO4/c1-19(2,3)26-18(24)22-8-10-25-17(5-4-9-23)14(12-22)13-6-7-15(20)16(21)11-13/h6-7,11,14,17,23H,4-5,8-10,12H2,1-3H3. The van der Waals surface area contributed by atoms with Gasteiger partial charge in [-0.15, -0.1) is 0 Å². The lowest BCUT2D eigenvalue weighted by molar-refractivity contribution is 0.0226. The van der Waals surface area contributed by atoms with Gasteiger partial charge in [0.2, 0.25) is 0 Å². The predicted molar refractivity (Wildman–Crippen MR) is 103 cm³/mol. The summed E-state index contributed by atoms with van der Waals surface area (Å²) in [7, 11) is 0. The predicted octanol–water partition coefficient (Wildman–Crippen LogP) is 4.49. The van der Waals surface area contributed by atoms with Crippen LogP contribution in [0.25, 0.3) is 0 Å². The smallest absolute Gasteiger partial charge is 0.410 e. The first kappa shape index (κ1) is 21.3. The molecule has 1 saturated heterocycles. The number of hydrogen-bond acceptors (Lipinski definition) is 4. The molecule has 1 heterocycles. The van der Waals surface area contributed by atoms with Gasteiger partial charge in [-0.1, -0.05) is 29.3 Å². The lowest BCUT2D eigenvalue weighted by Gasteiger charge is -2.30. The van der Waals surface area contributed by atoms with E-state index in [0.717, 1.165) is 5.56 Å². The summed E-state index contributed by atoms with van der Waals surface area (Å²) in [5.41, 5.74) is 0.400. The van der Waals surface area contributed by atoms with Crippen molar-refractivity contribution < 1.29 is 19.4 Å². The largest absolute Gasteiger partial charge is 0.444 e. The van der Waals surface area contributed by atoms with Crippen molar-refractivity contribution in [3.63, 3.8) is 0 Å². The van der Waals surface area contributed by atoms with Crippen LogP contribution in [0.1, 0.15) is 45.1 Å². The van der Waals surface area contributed by atoms with Gasteiger partial charge in [-0.05, 0) is 51.3 Å². The van der Waals surface area contributed by atoms with Crippen molar-refractivity contribution in [1.29, 1.82) is 0 Å². The van der Waals surface area contributed by atoms with Crippen molar-refractivity contribution in [1.82, 2.24) is 4.90 Å². The summed E-state index contributed by atoms with van der Waals surface area (Å²) < 4.78 is 11.5. The number of aliphatic hydroxyl groups excluding tert-OH is 1. The molecule has 0 radical (unpaired) electrons. The summed E-state index contributed by atoms with van der Waals surface area (Å²) in [5, 5.41) is 10.2. The van der Waals surface area contributed by atoms with Crippen LogP contribution in [0.4, 0.5) is 4.79 Å². The van der Waals surface area contributed by atoms with Crippen molar-refractivity contribution in [3.8, 4) is 0 Å². The second kappa shape index (κ2) is 9.27. The first-order valence-corrected chi connectivity index (χ1v) is 9.62. The van der Waals surface area contributed by atoms with E-state index in [-0.39, 0.29) is 24.7 Å². The minimum absolute atomic E-state index is 0.0775. The van der Waals surface area contributed by atoms with E-state index in [0.29, 0.717) is 42.6 Å². The van der Waals surface area contributed by atoms with Gasteiger partial charge < -0.3 is 19.5 Å². The molecule has 0 saturated carbocycles. The van der Waals surface area contributed by atoms with E-state index in [2.05, 4.69) is 0 Å². The molecule has 2 unspecified atom stereocenters. The molecule has 0 aliphatic carbocycles. The molecule has 1 aliphatic rings. The molecule has 7 heteroatoms. The Hall–Kier alpha value is -1.01. The molecular weight excluding hydrogens is 377 g/mol. The fourth-order valence-electron chi connectivity index (χ4n) is 3.01. The third-order valence-electron chi connectivity index (χ3n) is 4.23. The van der Waals surface area contributed by atoms with E-state index >= 15 is 0 Å². The van der Waals surface area contributed by atoms with E-state index in [9.17, 15) is 9.90 Å². The molecule has 0 aromatic heterocycles. The molecule has 1 aliphatic heterocycles. The summed E-state index contributed by atoms with van der Waals surface area (Å²) in [6, 6.07) is 5.49. The number of carbonyl (C=O) groups excluding carboxylic acids is 1. The Kier molecular flexibility index (Phi) is 7.59. The fraction of sp³-hybridized carbons (Fsp3) is 0.632. The molecule has 146 valence electrons. The minimum Gasteiger partial charge on any atom is -0.444 e. The van der Waals surface area contributed by atoms with E-state index in [1.807, 2.05) is 32.9 Å². The number of ether oxygens (including phenoxy) is 2. The maximum Gasteiger partial charge on any atom is 0.410 e. The number of halogens is 2. The molecular formula is C19H27Cl2NO4. The van der Waals surface area contributed by atoms with Crippen molar-refractivity contribution >= 4 is 29.3 Å². The van der Waals surface area contributed by atoms with Crippen LogP contribution < -0.4 is 0 Å². The van der Waals surface area contributed by atoms with E-state index < -0.39 is 5.60 Å². The molecule has 1 aromatic carbocycles. The lowest BCUT2D eigenvalue weighted by Crippen LogP contribution is -2.40. The summed E-state index contributed by atoms with van der Waals surface area (Å²) in [5.74, 6) is -0.0775. The van der Waals surface area contributed by atoms with Crippen LogP contribution in [0.5, 0.6) is 0 Å². The SMILES string of the molecule is CC(C)(C)OC(=O)N1CCOC(CCCO)C(c2ccc(Cl)c(Cl)c2)C1. The Morgan fingerprint density at radius 3 is 2.69 bits per heavy atom. The second-order valence-electron chi connectivity index (χ2n) is 7.48. The molecule has 2 atom stereocenters. The molecule has 1 aromatic rings. The van der Waals surface area contributed by atoms with E-state index in [1.165, 1.54) is 0 Å². The van der Waals surface area contributed by atoms with Crippen LogP contribution in [0, 0.1) is 0 Å². The van der Waals surface area contributed by atoms with Crippen LogP contribution in [-0.2, 0) is 9.47 Å². The monoisotopic (exact) mass is 403 g/mol. The van der Waals surface area contributed by atoms with Gasteiger partial charge in [0.05, 0.1) is 22.8 Å². The molecule has 2 rings (SSSR count). The van der Waals surface area contributed by atoms with Crippen molar-refractivity contribution in [2.45, 2.75) is 51.2 Å². The van der Waals surface area contributed by atoms with Gasteiger partial charge in [-0.2, -0.15) is 0 Å². The zero-order valence-electron chi connectivity index (χ0n) is 15.5. The number of carbonyl (C=O) groups is 1. The zero-order valence-corrected chi connectivity index (χ0v) is 17.0. The number of rotatable bonds is 4. The second-order valence-corrected chi connectivity index (χ2v) is 8.30. The quantitative estimate of drug-likeness (QED) is 0.804. The van der Waals surface area contributed by atoms with Crippen molar-refractivity contribution in [2.75, 3.05) is 26.3 Å². The van der Waals surface area contributed by atoms with Crippen LogP contribution in [0.3, 0.4) is 0 Å². The molecule has 1 N–H and O–H groups in total. The lowest BCUT2D eigenvalue weighted by atomic mass is 9.90. The maximum atomic E-state index is 12.5. The van der Waals surface area contributed by atoms with Crippen LogP contribution >= 0.6 is 23.2 Å². The van der Waals surface area contributed by atoms with Gasteiger partial charge in [0, 0.05) is 25.6 Å². The van der Waals surface area contributed by atoms with Gasteiger partial charge in [0.15, 0.2) is 0 Å². The average Bonchev–Trinajstić information content (AvgIpc) is 2.76. The Balaban J connectivity index is 2.25. The van der Waals surface area contributed by atoms with Crippen molar-refractivity contribution in [3.05, 3.63) is 33.8 Å². The highest BCUT2D eigenvalue weighted by Crippen LogP contribution is 2.33. The molecule has 26 heavy (non-hydrogen) atoms. The van der Waals surface area contributed by atoms with Gasteiger partial charge >= 0.3 is 6.09 Å². The number of benzene rings is 1. The Morgan fingerprint density at radius 1 is 1.35 bits per heavy atom. The summed E-state index contributed by atoms with van der Waals surface area (Å²) in [4.78, 5) is 14.2. The first-order valence-electron chi connectivity index (χ1n) is 8.86. The third-order valence-corrected chi connectivity index (χ3v) is 4.97. The number of hydrogen-bond donors (Lipinski definition) is 1. The number of nitrogens with zero attached hydrogens (tertiary/aromatic N) is 1. The maximum absolute atomic E-state index is 12.5. The van der Waals surface area contributed by atoms with E-state index in [4.69, 9.17) is 32.7 Å². The van der Waals surface area contributed by atoms with Gasteiger partial charge in [0.1, 0.15) is 5.60 Å². The normalized spacial score (nSPS) is 21.4. The molecule has 0 spiro atoms. The molecule has 1 fully saturated rings. The number of aliphatic hydroxyl groups is 1. The highest BCUT2D eigenvalue weighted by atomic mass is 35.5. The van der Waals surface area contributed by atoms with Gasteiger partial charge in [0.25, 0.3) is 0 Å². The molecule has 1 amide bonds. The van der Waals surface area contributed by atoms with Gasteiger partial charge in [-0.3, -0.25) is 0 Å². The summed E-state index contributed by atoms with van der Waals surface area (Å²) in [6.45, 7) is 6.99. The minimum atomic E-state index is -0.556. The van der Waals surface area contributed by atoms with Crippen LogP contribution in [-0.4, -0.2) is 54.1 Å². The zero-order chi connectivity index (χ0) is 19.3. The van der Waals surface area contributed by atoms with E-state index in [1.54, 1.807) is 11.0 Å². The van der Waals surface area contributed by atoms with Crippen LogP contribution in [0.15, 0.2) is 18.2 Å². The number of amides is 1. The third kappa shape index (κ3) is 6.02. The Bertz CT molecular complexity index is 618. The Morgan fingerprint density at radius 2 is 2.08 bits per heavy atom. The van der Waals surface area contributed by atoms with Gasteiger partial charge in [-0.25, -0.2) is 4.79 Å². The topological polar surface area (TPSA) is 59.0 Å². The average molecular weight is 404 g/mol. The first-order chi connectivity index (χ1) is 12.2. The highest BCUT2D eigenvalue weighted by molar-refractivity contribution is 6.42. The summed E-state index contributed by atoms with van der Waals surface area (Å²) >= 11 is 12.2. The summed E-state index contributed by atoms with van der Waals surface area (Å²) in [6.07, 6.45) is 0.860. The van der Waals surface area contributed by atoms with Crippen LogP contribution in [0.2, 0.25) is 10.0 Å².